The van der Waals surface area contributed by atoms with E-state index in [0.717, 1.165) is 84.2 Å². The summed E-state index contributed by atoms with van der Waals surface area (Å²) in [5, 5.41) is 3.48. The van der Waals surface area contributed by atoms with E-state index in [0.29, 0.717) is 0 Å². The lowest BCUT2D eigenvalue weighted by atomic mass is 10.0. The van der Waals surface area contributed by atoms with Crippen molar-refractivity contribution in [2.24, 2.45) is 4.99 Å². The lowest BCUT2D eigenvalue weighted by Crippen LogP contribution is -2.44. The highest BCUT2D eigenvalue weighted by Gasteiger charge is 2.17. The van der Waals surface area contributed by atoms with Crippen LogP contribution in [0.1, 0.15) is 31.7 Å². The lowest BCUT2D eigenvalue weighted by molar-refractivity contribution is 0.0377. The second-order valence-corrected chi connectivity index (χ2v) is 7.24. The molecule has 1 N–H and O–H groups in total. The van der Waals surface area contributed by atoms with Gasteiger partial charge in [0.2, 0.25) is 0 Å². The van der Waals surface area contributed by atoms with E-state index in [1.165, 1.54) is 5.56 Å². The zero-order valence-electron chi connectivity index (χ0n) is 16.7. The molecule has 3 rings (SSSR count). The first kappa shape index (κ1) is 19.9. The van der Waals surface area contributed by atoms with Crippen LogP contribution in [0.25, 0.3) is 6.08 Å². The predicted octanol–water partition coefficient (Wildman–Crippen LogP) is 2.85. The van der Waals surface area contributed by atoms with E-state index in [1.807, 2.05) is 0 Å². The highest BCUT2D eigenvalue weighted by atomic mass is 16.5. The van der Waals surface area contributed by atoms with E-state index in [9.17, 15) is 0 Å². The van der Waals surface area contributed by atoms with E-state index < -0.39 is 0 Å². The Bertz CT molecular complexity index is 598. The standard InChI is InChI=1S/C22H34N4O/c1-2-23-22(24-11-6-12-25-15-17-27-18-16-25)26-13-9-21(10-14-26)19-20-7-4-3-5-8-20/h3-5,7-8,19H,2,6,9-18H2,1H3,(H,23,24). The van der Waals surface area contributed by atoms with Crippen molar-refractivity contribution >= 4 is 12.0 Å². The van der Waals surface area contributed by atoms with Crippen LogP contribution in [0, 0.1) is 0 Å². The largest absolute Gasteiger partial charge is 0.379 e. The number of nitrogens with one attached hydrogen (secondary N) is 1. The van der Waals surface area contributed by atoms with Gasteiger partial charge < -0.3 is 15.0 Å². The van der Waals surface area contributed by atoms with Gasteiger partial charge in [0.25, 0.3) is 0 Å². The number of guanidine groups is 1. The van der Waals surface area contributed by atoms with Gasteiger partial charge in [0.1, 0.15) is 0 Å². The number of hydrogen-bond acceptors (Lipinski definition) is 3. The molecule has 27 heavy (non-hydrogen) atoms. The number of hydrogen-bond donors (Lipinski definition) is 1. The molecule has 1 aromatic rings. The summed E-state index contributed by atoms with van der Waals surface area (Å²) >= 11 is 0. The second kappa shape index (κ2) is 11.1. The molecule has 5 nitrogen and oxygen atoms in total. The number of morpholine rings is 1. The fraction of sp³-hybridized carbons (Fsp3) is 0.591. The van der Waals surface area contributed by atoms with Gasteiger partial charge >= 0.3 is 0 Å². The van der Waals surface area contributed by atoms with Gasteiger partial charge in [0.15, 0.2) is 5.96 Å². The minimum Gasteiger partial charge on any atom is -0.379 e. The van der Waals surface area contributed by atoms with Crippen LogP contribution in [-0.4, -0.2) is 74.8 Å². The number of ether oxygens (including phenoxy) is 1. The second-order valence-electron chi connectivity index (χ2n) is 7.24. The maximum atomic E-state index is 5.41. The molecule has 2 heterocycles. The quantitative estimate of drug-likeness (QED) is 0.475. The fourth-order valence-corrected chi connectivity index (χ4v) is 3.66. The third kappa shape index (κ3) is 6.67. The molecule has 5 heteroatoms. The van der Waals surface area contributed by atoms with Gasteiger partial charge in [0, 0.05) is 45.8 Å². The number of rotatable bonds is 6. The van der Waals surface area contributed by atoms with Crippen LogP contribution in [0.3, 0.4) is 0 Å². The first-order valence-corrected chi connectivity index (χ1v) is 10.4. The summed E-state index contributed by atoms with van der Waals surface area (Å²) in [6.07, 6.45) is 5.70. The Labute approximate surface area is 164 Å². The predicted molar refractivity (Wildman–Crippen MR) is 113 cm³/mol. The number of nitrogens with zero attached hydrogens (tertiary/aromatic N) is 3. The number of benzene rings is 1. The molecular formula is C22H34N4O. The van der Waals surface area contributed by atoms with Crippen molar-refractivity contribution in [2.45, 2.75) is 26.2 Å². The summed E-state index contributed by atoms with van der Waals surface area (Å²) < 4.78 is 5.41. The van der Waals surface area contributed by atoms with Crippen molar-refractivity contribution < 1.29 is 4.74 Å². The Morgan fingerprint density at radius 3 is 2.56 bits per heavy atom. The Kier molecular flexibility index (Phi) is 8.18. The maximum absolute atomic E-state index is 5.41. The van der Waals surface area contributed by atoms with Gasteiger partial charge in [-0.15, -0.1) is 0 Å². The van der Waals surface area contributed by atoms with Gasteiger partial charge in [0.05, 0.1) is 13.2 Å². The fourth-order valence-electron chi connectivity index (χ4n) is 3.66. The molecular weight excluding hydrogens is 336 g/mol. The lowest BCUT2D eigenvalue weighted by Gasteiger charge is -2.31. The van der Waals surface area contributed by atoms with E-state index in [4.69, 9.17) is 9.73 Å². The molecule has 0 bridgehead atoms. The SMILES string of the molecule is CCNC(=NCCCN1CCOCC1)N1CCC(=Cc2ccccc2)CC1. The molecule has 0 spiro atoms. The minimum absolute atomic E-state index is 0.874. The third-order valence-corrected chi connectivity index (χ3v) is 5.21. The Morgan fingerprint density at radius 2 is 1.85 bits per heavy atom. The van der Waals surface area contributed by atoms with Crippen LogP contribution < -0.4 is 5.32 Å². The highest BCUT2D eigenvalue weighted by molar-refractivity contribution is 5.80. The summed E-state index contributed by atoms with van der Waals surface area (Å²) in [6.45, 7) is 11.1. The van der Waals surface area contributed by atoms with Gasteiger partial charge in [-0.2, -0.15) is 0 Å². The van der Waals surface area contributed by atoms with Crippen molar-refractivity contribution in [3.8, 4) is 0 Å². The average molecular weight is 371 g/mol. The molecule has 0 atom stereocenters. The first-order valence-electron chi connectivity index (χ1n) is 10.4. The third-order valence-electron chi connectivity index (χ3n) is 5.21. The van der Waals surface area contributed by atoms with Crippen LogP contribution in [0.4, 0.5) is 0 Å². The van der Waals surface area contributed by atoms with Gasteiger partial charge in [-0.25, -0.2) is 0 Å². The number of likely N-dealkylation sites (tertiary alicyclic amines) is 1. The van der Waals surface area contributed by atoms with Crippen molar-refractivity contribution in [3.05, 3.63) is 41.5 Å². The highest BCUT2D eigenvalue weighted by Crippen LogP contribution is 2.19. The van der Waals surface area contributed by atoms with Crippen molar-refractivity contribution in [1.29, 1.82) is 0 Å². The summed E-state index contributed by atoms with van der Waals surface area (Å²) in [4.78, 5) is 9.78. The molecule has 0 aromatic heterocycles. The Morgan fingerprint density at radius 1 is 1.11 bits per heavy atom. The van der Waals surface area contributed by atoms with Crippen LogP contribution in [0.15, 0.2) is 40.9 Å². The molecule has 0 amide bonds. The Hall–Kier alpha value is -1.85. The van der Waals surface area contributed by atoms with Crippen molar-refractivity contribution in [1.82, 2.24) is 15.1 Å². The van der Waals surface area contributed by atoms with Crippen LogP contribution in [0.2, 0.25) is 0 Å². The van der Waals surface area contributed by atoms with E-state index >= 15 is 0 Å². The van der Waals surface area contributed by atoms with E-state index in [-0.39, 0.29) is 0 Å². The average Bonchev–Trinajstić information content (AvgIpc) is 2.72. The zero-order chi connectivity index (χ0) is 18.7. The molecule has 2 aliphatic rings. The zero-order valence-corrected chi connectivity index (χ0v) is 16.7. The van der Waals surface area contributed by atoms with Crippen molar-refractivity contribution in [2.75, 3.05) is 59.0 Å². The molecule has 0 radical (unpaired) electrons. The van der Waals surface area contributed by atoms with Gasteiger partial charge in [-0.3, -0.25) is 9.89 Å². The molecule has 0 unspecified atom stereocenters. The molecule has 0 aliphatic carbocycles. The van der Waals surface area contributed by atoms with Crippen LogP contribution in [-0.2, 0) is 4.74 Å². The summed E-state index contributed by atoms with van der Waals surface area (Å²) in [5.74, 6) is 1.08. The number of piperidine rings is 1. The summed E-state index contributed by atoms with van der Waals surface area (Å²) in [5.41, 5.74) is 2.85. The van der Waals surface area contributed by atoms with Gasteiger partial charge in [-0.1, -0.05) is 42.0 Å². The summed E-state index contributed by atoms with van der Waals surface area (Å²) in [6, 6.07) is 10.6. The van der Waals surface area contributed by atoms with E-state index in [1.54, 1.807) is 5.57 Å². The van der Waals surface area contributed by atoms with Crippen molar-refractivity contribution in [3.63, 3.8) is 0 Å². The Balaban J connectivity index is 1.46. The normalized spacial score (nSPS) is 19.2. The monoisotopic (exact) mass is 370 g/mol. The van der Waals surface area contributed by atoms with E-state index in [2.05, 4.69) is 58.4 Å². The van der Waals surface area contributed by atoms with Crippen LogP contribution >= 0.6 is 0 Å². The van der Waals surface area contributed by atoms with Gasteiger partial charge in [-0.05, 0) is 31.7 Å². The topological polar surface area (TPSA) is 40.1 Å². The molecule has 1 aromatic carbocycles. The number of aliphatic imine (C=N–C) groups is 1. The maximum Gasteiger partial charge on any atom is 0.193 e. The molecule has 0 saturated carbocycles. The molecule has 2 saturated heterocycles. The summed E-state index contributed by atoms with van der Waals surface area (Å²) in [7, 11) is 0. The minimum atomic E-state index is 0.874. The molecule has 2 aliphatic heterocycles. The smallest absolute Gasteiger partial charge is 0.193 e. The first-order chi connectivity index (χ1) is 13.3. The van der Waals surface area contributed by atoms with Crippen LogP contribution in [0.5, 0.6) is 0 Å². The molecule has 2 fully saturated rings. The molecule has 148 valence electrons.